The predicted molar refractivity (Wildman–Crippen MR) is 146 cm³/mol. The fraction of sp³-hybridized carbons (Fsp3) is 0.550. The van der Waals surface area contributed by atoms with Crippen LogP contribution in [0.15, 0.2) is 22.4 Å². The van der Waals surface area contributed by atoms with Gasteiger partial charge in [0.15, 0.2) is 35.8 Å². The van der Waals surface area contributed by atoms with E-state index in [1.54, 1.807) is 0 Å². The second-order valence-corrected chi connectivity index (χ2v) is 13.3. The number of aliphatic imine (C=N–C) groups is 1. The van der Waals surface area contributed by atoms with E-state index in [0.29, 0.717) is 0 Å². The number of phosphoric acid groups is 2. The summed E-state index contributed by atoms with van der Waals surface area (Å²) >= 11 is 0. The van der Waals surface area contributed by atoms with Crippen LogP contribution in [0.3, 0.4) is 0 Å². The van der Waals surface area contributed by atoms with Crippen molar-refractivity contribution in [2.75, 3.05) is 24.3 Å². The van der Waals surface area contributed by atoms with Gasteiger partial charge in [0, 0.05) is 0 Å². The molecule has 46 heavy (non-hydrogen) atoms. The summed E-state index contributed by atoms with van der Waals surface area (Å²) < 4.78 is 60.8. The van der Waals surface area contributed by atoms with Gasteiger partial charge in [-0.2, -0.15) is 4.98 Å². The first kappa shape index (κ1) is 31.3. The molecule has 7 heterocycles. The summed E-state index contributed by atoms with van der Waals surface area (Å²) in [5.41, 5.74) is 10.4. The smallest absolute Gasteiger partial charge is 0.386 e. The van der Waals surface area contributed by atoms with Crippen molar-refractivity contribution in [3.05, 3.63) is 28.7 Å². The van der Waals surface area contributed by atoms with E-state index in [0.717, 1.165) is 17.2 Å². The minimum Gasteiger partial charge on any atom is -0.386 e. The minimum absolute atomic E-state index is 0.0237. The van der Waals surface area contributed by atoms with Crippen molar-refractivity contribution >= 4 is 44.5 Å². The van der Waals surface area contributed by atoms with Gasteiger partial charge in [0.25, 0.3) is 5.56 Å². The number of nitrogens with zero attached hydrogens (tertiary/aromatic N) is 6. The van der Waals surface area contributed by atoms with E-state index in [1.807, 2.05) is 0 Å². The van der Waals surface area contributed by atoms with Crippen LogP contribution >= 0.6 is 15.6 Å². The lowest BCUT2D eigenvalue weighted by molar-refractivity contribution is -0.0666. The van der Waals surface area contributed by atoms with E-state index in [4.69, 9.17) is 39.0 Å². The van der Waals surface area contributed by atoms with Crippen LogP contribution in [-0.2, 0) is 36.7 Å². The highest BCUT2D eigenvalue weighted by Crippen LogP contribution is 2.54. The molecule has 0 radical (unpaired) electrons. The summed E-state index contributed by atoms with van der Waals surface area (Å²) in [6.07, 6.45) is -12.1. The number of guanidine groups is 1. The van der Waals surface area contributed by atoms with E-state index in [2.05, 4.69) is 30.2 Å². The molecule has 3 fully saturated rings. The van der Waals surface area contributed by atoms with Gasteiger partial charge in [-0.15, -0.1) is 0 Å². The molecule has 0 saturated carbocycles. The molecule has 7 rings (SSSR count). The Morgan fingerprint density at radius 2 is 1.46 bits per heavy atom. The lowest BCUT2D eigenvalue weighted by Crippen LogP contribution is -2.39. The zero-order chi connectivity index (χ0) is 32.7. The van der Waals surface area contributed by atoms with Crippen LogP contribution < -0.4 is 22.3 Å². The molecule has 3 saturated heterocycles. The highest BCUT2D eigenvalue weighted by atomic mass is 31.2. The Labute approximate surface area is 254 Å². The van der Waals surface area contributed by atoms with Crippen molar-refractivity contribution in [3.63, 3.8) is 0 Å². The predicted octanol–water partition coefficient (Wildman–Crippen LogP) is -3.14. The molecule has 4 aliphatic heterocycles. The van der Waals surface area contributed by atoms with Crippen molar-refractivity contribution in [2.24, 2.45) is 10.7 Å². The van der Waals surface area contributed by atoms with Crippen LogP contribution in [0.5, 0.6) is 0 Å². The number of nitrogen functional groups attached to an aromatic ring is 1. The number of aromatic nitrogens is 6. The lowest BCUT2D eigenvalue weighted by Gasteiger charge is -2.27. The Morgan fingerprint density at radius 3 is 2.07 bits per heavy atom. The van der Waals surface area contributed by atoms with E-state index >= 15 is 0 Å². The highest BCUT2D eigenvalue weighted by Gasteiger charge is 2.54. The van der Waals surface area contributed by atoms with Gasteiger partial charge >= 0.3 is 15.6 Å². The minimum atomic E-state index is -5.09. The molecule has 5 unspecified atom stereocenters. The summed E-state index contributed by atoms with van der Waals surface area (Å²) in [6.45, 7) is -1.71. The number of aliphatic hydroxyl groups excluding tert-OH is 3. The number of ether oxygens (including phenoxy) is 2. The van der Waals surface area contributed by atoms with Crippen molar-refractivity contribution in [2.45, 2.75) is 55.3 Å². The molecule has 0 bridgehead atoms. The molecule has 11 atom stereocenters. The fourth-order valence-electron chi connectivity index (χ4n) is 5.49. The number of nitrogens with two attached hydrogens (primary N) is 2. The zero-order valence-corrected chi connectivity index (χ0v) is 24.7. The number of fused-ring (bicyclic) bond motifs is 4. The number of rotatable bonds is 2. The van der Waals surface area contributed by atoms with Crippen LogP contribution in [-0.4, -0.2) is 110 Å². The Balaban J connectivity index is 1.16. The van der Waals surface area contributed by atoms with Gasteiger partial charge in [-0.1, -0.05) is 0 Å². The third-order valence-corrected chi connectivity index (χ3v) is 9.48. The maximum atomic E-state index is 13.1. The molecule has 24 nitrogen and oxygen atoms in total. The summed E-state index contributed by atoms with van der Waals surface area (Å²) in [7, 11) is -10.2. The van der Waals surface area contributed by atoms with Crippen LogP contribution in [0.25, 0.3) is 11.2 Å². The van der Waals surface area contributed by atoms with E-state index in [1.165, 1.54) is 4.57 Å². The Hall–Kier alpha value is -3.35. The number of hydrogen-bond acceptors (Lipinski definition) is 19. The van der Waals surface area contributed by atoms with Gasteiger partial charge in [-0.05, 0) is 0 Å². The van der Waals surface area contributed by atoms with E-state index in [-0.39, 0.29) is 34.6 Å². The number of phosphoric ester groups is 2. The van der Waals surface area contributed by atoms with Crippen LogP contribution in [0.2, 0.25) is 0 Å². The second-order valence-electron chi connectivity index (χ2n) is 10.5. The van der Waals surface area contributed by atoms with Gasteiger partial charge in [-0.25, -0.2) is 24.1 Å². The van der Waals surface area contributed by atoms with Gasteiger partial charge in [0.05, 0.1) is 25.9 Å². The van der Waals surface area contributed by atoms with Gasteiger partial charge in [0.1, 0.15) is 48.1 Å². The lowest BCUT2D eigenvalue weighted by atomic mass is 10.1. The third kappa shape index (κ3) is 5.41. The van der Waals surface area contributed by atoms with Crippen LogP contribution in [0.4, 0.5) is 11.8 Å². The molecule has 250 valence electrons. The normalized spacial score (nSPS) is 39.8. The first-order valence-electron chi connectivity index (χ1n) is 13.3. The van der Waals surface area contributed by atoms with E-state index < -0.39 is 89.7 Å². The molecule has 4 aliphatic rings. The first-order chi connectivity index (χ1) is 21.7. The van der Waals surface area contributed by atoms with Gasteiger partial charge in [0.2, 0.25) is 5.95 Å². The third-order valence-electron chi connectivity index (χ3n) is 7.51. The average Bonchev–Trinajstić information content (AvgIpc) is 3.72. The second kappa shape index (κ2) is 11.1. The highest BCUT2D eigenvalue weighted by molar-refractivity contribution is 7.47. The monoisotopic (exact) mass is 692 g/mol. The number of anilines is 2. The molecule has 3 aromatic rings. The molecule has 0 spiro atoms. The zero-order valence-electron chi connectivity index (χ0n) is 22.9. The quantitative estimate of drug-likeness (QED) is 0.120. The Morgan fingerprint density at radius 1 is 0.891 bits per heavy atom. The topological polar surface area (TPSA) is 348 Å². The van der Waals surface area contributed by atoms with Gasteiger partial charge in [-0.3, -0.25) is 37.0 Å². The summed E-state index contributed by atoms with van der Waals surface area (Å²) in [5, 5.41) is 35.1. The number of nitrogens with one attached hydrogen (secondary N) is 2. The fourth-order valence-corrected chi connectivity index (χ4v) is 7.42. The number of imidazole rings is 2. The average molecular weight is 692 g/mol. The van der Waals surface area contributed by atoms with Crippen LogP contribution in [0.1, 0.15) is 24.4 Å². The van der Waals surface area contributed by atoms with Gasteiger partial charge < -0.3 is 51.4 Å². The summed E-state index contributed by atoms with van der Waals surface area (Å²) in [4.78, 5) is 51.4. The standard InChI is InChI=1S/C20H26N10O14P2/c21-19-25-13-7(15(33)27-19)23-3-29(13)17-9(31)11-5(41-17)1-39-45(35,36)44-12-6(2-40-46(37,38)43-11)42-18(10(12)32)30-4-24-8-14(30)26-20(22)28-16(8)34/h3-6,9-12,15,17-18,31-33H,1-2H2,(H,35,36)(H,37,38)(H3,21,25,27)(H3,22,26,28,34)/t5-,6-,9+,10?,11?,12+,15?,17-,18-/m1/s1. The van der Waals surface area contributed by atoms with Crippen molar-refractivity contribution in [3.8, 4) is 0 Å². The SMILES string of the molecule is NC1=NC(O)c2ncn([C@@H]3O[C@@H]4COP(=O)(O)O[C@@H]5C(O)[C@H](n6cnc7c(=O)[nH]c(N)nc76)O[C@@H]5COP(=O)(O)OC4[C@@H]3O)c2N1. The van der Waals surface area contributed by atoms with Crippen molar-refractivity contribution in [1.82, 2.24) is 29.1 Å². The number of aliphatic hydroxyl groups is 3. The van der Waals surface area contributed by atoms with Crippen LogP contribution in [0, 0.1) is 0 Å². The number of H-pyrrole nitrogens is 1. The molecule has 26 heteroatoms. The molecule has 0 aliphatic carbocycles. The molecule has 0 aromatic carbocycles. The Bertz CT molecular complexity index is 1870. The molecule has 3 aromatic heterocycles. The molecular weight excluding hydrogens is 666 g/mol. The maximum absolute atomic E-state index is 13.1. The largest absolute Gasteiger partial charge is 0.472 e. The molecular formula is C20H26N10O14P2. The summed E-state index contributed by atoms with van der Waals surface area (Å²) in [5.74, 6) is -0.385. The number of hydrogen-bond donors (Lipinski definition) is 9. The molecule has 0 amide bonds. The van der Waals surface area contributed by atoms with E-state index in [9.17, 15) is 39.0 Å². The van der Waals surface area contributed by atoms with Crippen molar-refractivity contribution < 1.29 is 61.8 Å². The summed E-state index contributed by atoms with van der Waals surface area (Å²) in [6, 6.07) is 0. The number of aromatic amines is 1. The van der Waals surface area contributed by atoms with Crippen molar-refractivity contribution in [1.29, 1.82) is 0 Å². The Kier molecular flexibility index (Phi) is 7.56. The molecule has 11 N–H and O–H groups in total. The maximum Gasteiger partial charge on any atom is 0.472 e. The first-order valence-corrected chi connectivity index (χ1v) is 16.3.